The van der Waals surface area contributed by atoms with Crippen molar-refractivity contribution in [1.82, 2.24) is 40.0 Å². The standard InChI is InChI=1S/C27H50N8O2/c1-24(2)10-9-18(11-25(3,4)28-24)30-14-32-20-21-34(22(32)36)16-31(17-35(21)23(37)33(20)15-30)19-12-26(5,6)29-27(7,8)13-19/h18-22,28-29,36H,9-17H2,1-8H3. The van der Waals surface area contributed by atoms with Crippen molar-refractivity contribution in [3.63, 3.8) is 0 Å². The van der Waals surface area contributed by atoms with Gasteiger partial charge in [-0.05, 0) is 87.5 Å². The number of amides is 2. The Hall–Kier alpha value is -1.01. The van der Waals surface area contributed by atoms with E-state index in [0.29, 0.717) is 38.8 Å². The molecule has 0 radical (unpaired) electrons. The second-order valence-corrected chi connectivity index (χ2v) is 15.4. The van der Waals surface area contributed by atoms with Gasteiger partial charge in [-0.25, -0.2) is 14.6 Å². The van der Waals surface area contributed by atoms with Crippen LogP contribution in [0.4, 0.5) is 4.79 Å². The minimum atomic E-state index is -0.685. The first-order valence-electron chi connectivity index (χ1n) is 14.4. The largest absolute Gasteiger partial charge is 0.365 e. The maximum Gasteiger partial charge on any atom is 0.324 e. The van der Waals surface area contributed by atoms with E-state index in [1.54, 1.807) is 0 Å². The number of nitrogens with one attached hydrogen (secondary N) is 2. The van der Waals surface area contributed by atoms with E-state index in [1.807, 2.05) is 9.80 Å². The van der Waals surface area contributed by atoms with E-state index in [4.69, 9.17) is 0 Å². The molecule has 3 N–H and O–H groups in total. The number of carbonyl (C=O) groups is 1. The van der Waals surface area contributed by atoms with Crippen LogP contribution in [-0.4, -0.2) is 120 Å². The van der Waals surface area contributed by atoms with Crippen LogP contribution in [0.2, 0.25) is 0 Å². The number of hydrogen-bond donors (Lipinski definition) is 3. The number of piperidine rings is 1. The van der Waals surface area contributed by atoms with Crippen LogP contribution in [0.5, 0.6) is 0 Å². The molecule has 0 aromatic rings. The Morgan fingerprint density at radius 3 is 1.62 bits per heavy atom. The Balaban J connectivity index is 1.23. The molecule has 0 saturated carbocycles. The van der Waals surface area contributed by atoms with Crippen molar-refractivity contribution in [3.05, 3.63) is 0 Å². The fraction of sp³-hybridized carbons (Fsp3) is 0.963. The van der Waals surface area contributed by atoms with Crippen LogP contribution >= 0.6 is 0 Å². The number of nitrogens with zero attached hydrogens (tertiary/aromatic N) is 6. The van der Waals surface area contributed by atoms with Crippen LogP contribution in [0.25, 0.3) is 0 Å². The predicted molar refractivity (Wildman–Crippen MR) is 143 cm³/mol. The van der Waals surface area contributed by atoms with Crippen molar-refractivity contribution >= 4 is 6.03 Å². The summed E-state index contributed by atoms with van der Waals surface area (Å²) in [5.41, 5.74) is 0.172. The van der Waals surface area contributed by atoms with Crippen molar-refractivity contribution in [2.75, 3.05) is 26.7 Å². The summed E-state index contributed by atoms with van der Waals surface area (Å²) < 4.78 is 0. The van der Waals surface area contributed by atoms with Crippen LogP contribution in [0, 0.1) is 0 Å². The first-order valence-corrected chi connectivity index (χ1v) is 14.4. The van der Waals surface area contributed by atoms with E-state index in [0.717, 1.165) is 32.1 Å². The molecule has 0 bridgehead atoms. The maximum atomic E-state index is 13.9. The number of carbonyl (C=O) groups excluding carboxylic acids is 1. The zero-order chi connectivity index (χ0) is 26.7. The van der Waals surface area contributed by atoms with Crippen molar-refractivity contribution in [2.45, 2.75) is 140 Å². The first-order chi connectivity index (χ1) is 17.0. The van der Waals surface area contributed by atoms with Gasteiger partial charge in [-0.3, -0.25) is 19.6 Å². The molecule has 0 aromatic heterocycles. The number of hydrogen-bond acceptors (Lipinski definition) is 8. The van der Waals surface area contributed by atoms with Crippen LogP contribution in [-0.2, 0) is 0 Å². The smallest absolute Gasteiger partial charge is 0.324 e. The normalized spacial score (nSPS) is 40.2. The average molecular weight is 519 g/mol. The summed E-state index contributed by atoms with van der Waals surface area (Å²) >= 11 is 0. The number of rotatable bonds is 2. The molecule has 6 heterocycles. The van der Waals surface area contributed by atoms with Crippen LogP contribution in [0.1, 0.15) is 87.5 Å². The van der Waals surface area contributed by atoms with Crippen molar-refractivity contribution < 1.29 is 9.90 Å². The minimum Gasteiger partial charge on any atom is -0.365 e. The van der Waals surface area contributed by atoms with E-state index in [2.05, 4.69) is 85.6 Å². The number of urea groups is 1. The Labute approximate surface area is 223 Å². The number of aliphatic hydroxyl groups excluding tert-OH is 1. The summed E-state index contributed by atoms with van der Waals surface area (Å²) in [4.78, 5) is 27.2. The molecule has 2 amide bonds. The fourth-order valence-electron chi connectivity index (χ4n) is 8.93. The lowest BCUT2D eigenvalue weighted by molar-refractivity contribution is -0.167. The highest BCUT2D eigenvalue weighted by Gasteiger charge is 2.64. The van der Waals surface area contributed by atoms with Crippen LogP contribution < -0.4 is 10.6 Å². The maximum absolute atomic E-state index is 13.9. The molecule has 0 aromatic carbocycles. The Morgan fingerprint density at radius 1 is 0.676 bits per heavy atom. The third-order valence-corrected chi connectivity index (χ3v) is 9.75. The number of aliphatic hydroxyl groups is 1. The monoisotopic (exact) mass is 518 g/mol. The summed E-state index contributed by atoms with van der Waals surface area (Å²) in [6.45, 7) is 20.9. The van der Waals surface area contributed by atoms with Gasteiger partial charge in [-0.2, -0.15) is 0 Å². The molecule has 6 aliphatic rings. The third-order valence-electron chi connectivity index (χ3n) is 9.75. The zero-order valence-corrected chi connectivity index (χ0v) is 24.3. The van der Waals surface area contributed by atoms with E-state index in [1.165, 1.54) is 0 Å². The molecule has 37 heavy (non-hydrogen) atoms. The summed E-state index contributed by atoms with van der Waals surface area (Å²) in [6.07, 6.45) is 4.43. The quantitative estimate of drug-likeness (QED) is 0.510. The molecular weight excluding hydrogens is 468 g/mol. The van der Waals surface area contributed by atoms with Gasteiger partial charge in [0.05, 0.1) is 26.7 Å². The van der Waals surface area contributed by atoms with Gasteiger partial charge < -0.3 is 15.7 Å². The topological polar surface area (TPSA) is 80.8 Å². The summed E-state index contributed by atoms with van der Waals surface area (Å²) in [5.74, 6) is 0. The van der Waals surface area contributed by atoms with E-state index in [-0.39, 0.29) is 40.5 Å². The molecule has 6 rings (SSSR count). The summed E-state index contributed by atoms with van der Waals surface area (Å²) in [7, 11) is 0. The third kappa shape index (κ3) is 4.50. The SMILES string of the molecule is CC1(C)CCC(N2CN3C(=O)N4CN(C5CC(C)(C)NC(C)(C)C5)CN5C4C3N(C2)C5O)CC(C)(C)N1. The lowest BCUT2D eigenvalue weighted by Crippen LogP contribution is -2.68. The van der Waals surface area contributed by atoms with Gasteiger partial charge in [0.1, 0.15) is 12.3 Å². The van der Waals surface area contributed by atoms with Gasteiger partial charge in [-0.1, -0.05) is 0 Å². The van der Waals surface area contributed by atoms with Crippen molar-refractivity contribution in [3.8, 4) is 0 Å². The highest BCUT2D eigenvalue weighted by Crippen LogP contribution is 2.44. The predicted octanol–water partition coefficient (Wildman–Crippen LogP) is 1.74. The average Bonchev–Trinajstić information content (AvgIpc) is 3.15. The van der Waals surface area contributed by atoms with Crippen molar-refractivity contribution in [1.29, 1.82) is 0 Å². The molecule has 0 aliphatic carbocycles. The van der Waals surface area contributed by atoms with Gasteiger partial charge in [0, 0.05) is 34.2 Å². The van der Waals surface area contributed by atoms with Crippen LogP contribution in [0.3, 0.4) is 0 Å². The molecule has 10 nitrogen and oxygen atoms in total. The minimum absolute atomic E-state index is 0.0170. The van der Waals surface area contributed by atoms with Crippen molar-refractivity contribution in [2.24, 2.45) is 0 Å². The molecule has 6 fully saturated rings. The molecule has 4 atom stereocenters. The second-order valence-electron chi connectivity index (χ2n) is 15.4. The van der Waals surface area contributed by atoms with E-state index < -0.39 is 6.35 Å². The lowest BCUT2D eigenvalue weighted by atomic mass is 9.79. The zero-order valence-electron chi connectivity index (χ0n) is 24.3. The highest BCUT2D eigenvalue weighted by molar-refractivity contribution is 5.78. The molecule has 4 unspecified atom stereocenters. The Morgan fingerprint density at radius 2 is 1.11 bits per heavy atom. The second kappa shape index (κ2) is 8.25. The Kier molecular flexibility index (Phi) is 5.85. The summed E-state index contributed by atoms with van der Waals surface area (Å²) in [5, 5.41) is 19.3. The van der Waals surface area contributed by atoms with Gasteiger partial charge in [0.2, 0.25) is 0 Å². The van der Waals surface area contributed by atoms with E-state index in [9.17, 15) is 9.90 Å². The van der Waals surface area contributed by atoms with Gasteiger partial charge in [-0.15, -0.1) is 0 Å². The van der Waals surface area contributed by atoms with Gasteiger partial charge >= 0.3 is 6.03 Å². The Bertz CT molecular complexity index is 921. The first kappa shape index (κ1) is 26.2. The molecule has 0 spiro atoms. The fourth-order valence-corrected chi connectivity index (χ4v) is 8.93. The van der Waals surface area contributed by atoms with E-state index >= 15 is 0 Å². The van der Waals surface area contributed by atoms with Gasteiger partial charge in [0.25, 0.3) is 0 Å². The van der Waals surface area contributed by atoms with Gasteiger partial charge in [0.15, 0.2) is 6.35 Å². The molecule has 210 valence electrons. The molecule has 6 aliphatic heterocycles. The summed E-state index contributed by atoms with van der Waals surface area (Å²) in [6, 6.07) is 0.841. The van der Waals surface area contributed by atoms with Crippen LogP contribution in [0.15, 0.2) is 0 Å². The highest BCUT2D eigenvalue weighted by atomic mass is 16.3. The lowest BCUT2D eigenvalue weighted by Gasteiger charge is -2.53. The molecular formula is C27H50N8O2. The molecule has 10 heteroatoms. The molecule has 6 saturated heterocycles.